The summed E-state index contributed by atoms with van der Waals surface area (Å²) >= 11 is 0. The molecule has 1 aliphatic rings. The zero-order valence-electron chi connectivity index (χ0n) is 7.39. The van der Waals surface area contributed by atoms with Gasteiger partial charge < -0.3 is 0 Å². The van der Waals surface area contributed by atoms with Crippen molar-refractivity contribution in [2.75, 3.05) is 0 Å². The fraction of sp³-hybridized carbons (Fsp3) is 0.667. The van der Waals surface area contributed by atoms with Crippen LogP contribution in [0.3, 0.4) is 0 Å². The van der Waals surface area contributed by atoms with Gasteiger partial charge in [-0.3, -0.25) is 4.68 Å². The molecule has 1 fully saturated rings. The number of aryl methyl sites for hydroxylation is 2. The molecule has 1 saturated carbocycles. The predicted octanol–water partition coefficient (Wildman–Crippen LogP) is 1.78. The molecule has 11 heavy (non-hydrogen) atoms. The Labute approximate surface area is 67.2 Å². The van der Waals surface area contributed by atoms with E-state index >= 15 is 0 Å². The fourth-order valence-electron chi connectivity index (χ4n) is 1.84. The van der Waals surface area contributed by atoms with Crippen LogP contribution in [0.25, 0.3) is 0 Å². The molecule has 0 N–H and O–H groups in total. The highest BCUT2D eigenvalue weighted by molar-refractivity contribution is 5.29. The summed E-state index contributed by atoms with van der Waals surface area (Å²) in [5.74, 6) is 0. The third-order valence-corrected chi connectivity index (χ3v) is 2.69. The molecule has 2 nitrogen and oxygen atoms in total. The highest BCUT2D eigenvalue weighted by atomic mass is 15.3. The van der Waals surface area contributed by atoms with Crippen molar-refractivity contribution in [1.29, 1.82) is 0 Å². The standard InChI is InChI=1S/C9H14N2/c1-7-6-10-11(3)8(7)9(2)4-5-9/h6H,4-5H2,1-3H3. The van der Waals surface area contributed by atoms with E-state index in [-0.39, 0.29) is 0 Å². The van der Waals surface area contributed by atoms with Gasteiger partial charge in [-0.2, -0.15) is 5.10 Å². The second-order valence-electron chi connectivity index (χ2n) is 3.86. The average molecular weight is 150 g/mol. The molecule has 1 aliphatic carbocycles. The molecule has 1 aromatic rings. The molecule has 2 heteroatoms. The molecule has 0 bridgehead atoms. The van der Waals surface area contributed by atoms with E-state index in [2.05, 4.69) is 18.9 Å². The molecule has 1 heterocycles. The van der Waals surface area contributed by atoms with Crippen molar-refractivity contribution in [3.8, 4) is 0 Å². The highest BCUT2D eigenvalue weighted by Gasteiger charge is 2.42. The summed E-state index contributed by atoms with van der Waals surface area (Å²) in [6, 6.07) is 0. The molecule has 0 radical (unpaired) electrons. The zero-order chi connectivity index (χ0) is 8.06. The molecular formula is C9H14N2. The van der Waals surface area contributed by atoms with Crippen molar-refractivity contribution in [3.63, 3.8) is 0 Å². The smallest absolute Gasteiger partial charge is 0.0521 e. The Bertz CT molecular complexity index is 262. The van der Waals surface area contributed by atoms with Crippen LogP contribution in [0.2, 0.25) is 0 Å². The van der Waals surface area contributed by atoms with Gasteiger partial charge in [-0.15, -0.1) is 0 Å². The first kappa shape index (κ1) is 6.89. The van der Waals surface area contributed by atoms with E-state index in [0.29, 0.717) is 5.41 Å². The molecule has 0 unspecified atom stereocenters. The largest absolute Gasteiger partial charge is 0.272 e. The predicted molar refractivity (Wildman–Crippen MR) is 44.5 cm³/mol. The van der Waals surface area contributed by atoms with Gasteiger partial charge in [-0.05, 0) is 25.3 Å². The van der Waals surface area contributed by atoms with Crippen LogP contribution in [0.1, 0.15) is 31.0 Å². The van der Waals surface area contributed by atoms with Crippen LogP contribution in [-0.2, 0) is 12.5 Å². The Morgan fingerprint density at radius 2 is 2.18 bits per heavy atom. The van der Waals surface area contributed by atoms with Crippen molar-refractivity contribution in [1.82, 2.24) is 9.78 Å². The van der Waals surface area contributed by atoms with Gasteiger partial charge in [-0.25, -0.2) is 0 Å². The van der Waals surface area contributed by atoms with Crippen molar-refractivity contribution in [2.24, 2.45) is 7.05 Å². The molecule has 1 aromatic heterocycles. The van der Waals surface area contributed by atoms with E-state index in [4.69, 9.17) is 0 Å². The van der Waals surface area contributed by atoms with E-state index in [0.717, 1.165) is 0 Å². The lowest BCUT2D eigenvalue weighted by Gasteiger charge is -2.09. The first-order valence-corrected chi connectivity index (χ1v) is 4.12. The molecule has 0 saturated heterocycles. The van der Waals surface area contributed by atoms with Gasteiger partial charge in [0.15, 0.2) is 0 Å². The summed E-state index contributed by atoms with van der Waals surface area (Å²) in [5.41, 5.74) is 3.22. The van der Waals surface area contributed by atoms with Gasteiger partial charge in [0.2, 0.25) is 0 Å². The van der Waals surface area contributed by atoms with Crippen molar-refractivity contribution in [2.45, 2.75) is 32.1 Å². The first-order chi connectivity index (χ1) is 5.13. The Balaban J connectivity index is 2.50. The summed E-state index contributed by atoms with van der Waals surface area (Å²) in [6.07, 6.45) is 4.61. The van der Waals surface area contributed by atoms with Gasteiger partial charge in [0.1, 0.15) is 0 Å². The third kappa shape index (κ3) is 0.889. The van der Waals surface area contributed by atoms with E-state index in [1.807, 2.05) is 17.9 Å². The topological polar surface area (TPSA) is 17.8 Å². The maximum absolute atomic E-state index is 4.24. The van der Waals surface area contributed by atoms with Crippen molar-refractivity contribution >= 4 is 0 Å². The van der Waals surface area contributed by atoms with Crippen LogP contribution in [0.4, 0.5) is 0 Å². The van der Waals surface area contributed by atoms with Crippen LogP contribution >= 0.6 is 0 Å². The molecule has 60 valence electrons. The van der Waals surface area contributed by atoms with Gasteiger partial charge in [0.05, 0.1) is 6.20 Å². The van der Waals surface area contributed by atoms with Crippen LogP contribution in [0.5, 0.6) is 0 Å². The first-order valence-electron chi connectivity index (χ1n) is 4.12. The van der Waals surface area contributed by atoms with E-state index < -0.39 is 0 Å². The number of hydrogen-bond donors (Lipinski definition) is 0. The molecule has 0 atom stereocenters. The minimum Gasteiger partial charge on any atom is -0.272 e. The van der Waals surface area contributed by atoms with Gasteiger partial charge in [0, 0.05) is 18.2 Å². The lowest BCUT2D eigenvalue weighted by Crippen LogP contribution is -2.09. The number of nitrogens with zero attached hydrogens (tertiary/aromatic N) is 2. The lowest BCUT2D eigenvalue weighted by molar-refractivity contribution is 0.632. The summed E-state index contributed by atoms with van der Waals surface area (Å²) < 4.78 is 2.02. The monoisotopic (exact) mass is 150 g/mol. The summed E-state index contributed by atoms with van der Waals surface area (Å²) in [7, 11) is 2.03. The van der Waals surface area contributed by atoms with Crippen LogP contribution in [-0.4, -0.2) is 9.78 Å². The molecule has 0 amide bonds. The average Bonchev–Trinajstić information content (AvgIpc) is 2.56. The van der Waals surface area contributed by atoms with Crippen molar-refractivity contribution < 1.29 is 0 Å². The summed E-state index contributed by atoms with van der Waals surface area (Å²) in [6.45, 7) is 4.46. The Morgan fingerprint density at radius 3 is 2.55 bits per heavy atom. The van der Waals surface area contributed by atoms with E-state index in [9.17, 15) is 0 Å². The van der Waals surface area contributed by atoms with Gasteiger partial charge >= 0.3 is 0 Å². The minimum atomic E-state index is 0.454. The molecular weight excluding hydrogens is 136 g/mol. The maximum Gasteiger partial charge on any atom is 0.0521 e. The summed E-state index contributed by atoms with van der Waals surface area (Å²) in [4.78, 5) is 0. The molecule has 2 rings (SSSR count). The zero-order valence-corrected chi connectivity index (χ0v) is 7.39. The second-order valence-corrected chi connectivity index (χ2v) is 3.86. The fourth-order valence-corrected chi connectivity index (χ4v) is 1.84. The van der Waals surface area contributed by atoms with E-state index in [1.54, 1.807) is 0 Å². The Hall–Kier alpha value is -0.790. The van der Waals surface area contributed by atoms with Crippen LogP contribution < -0.4 is 0 Å². The van der Waals surface area contributed by atoms with Crippen molar-refractivity contribution in [3.05, 3.63) is 17.5 Å². The second kappa shape index (κ2) is 1.87. The number of rotatable bonds is 1. The Kier molecular flexibility index (Phi) is 1.17. The summed E-state index contributed by atoms with van der Waals surface area (Å²) in [5, 5.41) is 4.24. The minimum absolute atomic E-state index is 0.454. The molecule has 0 spiro atoms. The van der Waals surface area contributed by atoms with Crippen LogP contribution in [0, 0.1) is 6.92 Å². The Morgan fingerprint density at radius 1 is 1.55 bits per heavy atom. The molecule has 0 aromatic carbocycles. The van der Waals surface area contributed by atoms with E-state index in [1.165, 1.54) is 24.1 Å². The van der Waals surface area contributed by atoms with Gasteiger partial charge in [-0.1, -0.05) is 6.92 Å². The van der Waals surface area contributed by atoms with Crippen LogP contribution in [0.15, 0.2) is 6.20 Å². The van der Waals surface area contributed by atoms with Gasteiger partial charge in [0.25, 0.3) is 0 Å². The normalized spacial score (nSPS) is 20.3. The number of aromatic nitrogens is 2. The molecule has 0 aliphatic heterocycles. The highest BCUT2D eigenvalue weighted by Crippen LogP contribution is 2.48. The number of hydrogen-bond acceptors (Lipinski definition) is 1. The lowest BCUT2D eigenvalue weighted by atomic mass is 10.0. The SMILES string of the molecule is Cc1cnn(C)c1C1(C)CC1. The quantitative estimate of drug-likeness (QED) is 0.596. The third-order valence-electron chi connectivity index (χ3n) is 2.69. The maximum atomic E-state index is 4.24.